The molecule has 2 rings (SSSR count). The van der Waals surface area contributed by atoms with Crippen molar-refractivity contribution in [3.8, 4) is 11.5 Å². The number of rotatable bonds is 6. The van der Waals surface area contributed by atoms with Gasteiger partial charge in [0.1, 0.15) is 11.5 Å². The van der Waals surface area contributed by atoms with Gasteiger partial charge in [-0.25, -0.2) is 0 Å². The first kappa shape index (κ1) is 16.3. The topological polar surface area (TPSA) is 30.5 Å². The number of thioether (sulfide) groups is 1. The van der Waals surface area contributed by atoms with Crippen LogP contribution < -0.4 is 14.8 Å². The third-order valence-corrected chi connectivity index (χ3v) is 5.16. The van der Waals surface area contributed by atoms with E-state index in [-0.39, 0.29) is 0 Å². The molecule has 0 radical (unpaired) electrons. The second-order valence-corrected chi connectivity index (χ2v) is 7.28. The van der Waals surface area contributed by atoms with E-state index in [0.29, 0.717) is 24.7 Å². The Morgan fingerprint density at radius 3 is 2.67 bits per heavy atom. The van der Waals surface area contributed by atoms with E-state index in [9.17, 15) is 0 Å². The average molecular weight is 309 g/mol. The molecule has 3 nitrogen and oxygen atoms in total. The highest BCUT2D eigenvalue weighted by Crippen LogP contribution is 2.37. The smallest absolute Gasteiger partial charge is 0.142 e. The lowest BCUT2D eigenvalue weighted by molar-refractivity contribution is 0.330. The maximum absolute atomic E-state index is 5.74. The van der Waals surface area contributed by atoms with Crippen LogP contribution in [0.1, 0.15) is 34.1 Å². The molecule has 21 heavy (non-hydrogen) atoms. The van der Waals surface area contributed by atoms with E-state index in [1.807, 2.05) is 37.7 Å². The molecule has 0 aliphatic carbocycles. The van der Waals surface area contributed by atoms with Crippen molar-refractivity contribution < 1.29 is 9.47 Å². The summed E-state index contributed by atoms with van der Waals surface area (Å²) in [5, 5.41) is 3.66. The van der Waals surface area contributed by atoms with Crippen LogP contribution in [0.3, 0.4) is 0 Å². The molecule has 0 spiro atoms. The minimum atomic E-state index is 0.393. The summed E-state index contributed by atoms with van der Waals surface area (Å²) in [5.74, 6) is 4.19. The summed E-state index contributed by atoms with van der Waals surface area (Å²) in [4.78, 5) is 0. The molecule has 1 aromatic carbocycles. The lowest BCUT2D eigenvalue weighted by atomic mass is 9.88. The molecule has 0 amide bonds. The van der Waals surface area contributed by atoms with Crippen LogP contribution >= 0.6 is 11.8 Å². The molecule has 1 saturated heterocycles. The van der Waals surface area contributed by atoms with Gasteiger partial charge in [0.2, 0.25) is 0 Å². The lowest BCUT2D eigenvalue weighted by Gasteiger charge is -2.35. The molecule has 0 bridgehead atoms. The molecule has 0 aromatic heterocycles. The normalized spacial score (nSPS) is 20.9. The summed E-state index contributed by atoms with van der Waals surface area (Å²) in [7, 11) is 0. The summed E-state index contributed by atoms with van der Waals surface area (Å²) in [5.41, 5.74) is 1.44. The van der Waals surface area contributed by atoms with Gasteiger partial charge in [-0.1, -0.05) is 13.8 Å². The Hall–Kier alpha value is -1.03. The summed E-state index contributed by atoms with van der Waals surface area (Å²) >= 11 is 2.03. The number of nitrogens with one attached hydrogen (secondary N) is 1. The fraction of sp³-hybridized carbons (Fsp3) is 0.647. The van der Waals surface area contributed by atoms with Crippen molar-refractivity contribution >= 4 is 17.4 Å². The van der Waals surface area contributed by atoms with E-state index in [2.05, 4.69) is 25.2 Å². The van der Waals surface area contributed by atoms with Crippen molar-refractivity contribution in [2.45, 2.75) is 40.2 Å². The van der Waals surface area contributed by atoms with Crippen LogP contribution in [0, 0.1) is 5.41 Å². The van der Waals surface area contributed by atoms with Crippen LogP contribution in [0.25, 0.3) is 0 Å². The number of benzene rings is 1. The number of hydrogen-bond donors (Lipinski definition) is 1. The second kappa shape index (κ2) is 7.30. The van der Waals surface area contributed by atoms with E-state index in [0.717, 1.165) is 22.9 Å². The fourth-order valence-corrected chi connectivity index (χ4v) is 4.01. The molecule has 118 valence electrons. The van der Waals surface area contributed by atoms with Crippen LogP contribution in [0.4, 0.5) is 5.69 Å². The van der Waals surface area contributed by atoms with E-state index in [4.69, 9.17) is 9.47 Å². The van der Waals surface area contributed by atoms with E-state index in [1.165, 1.54) is 12.2 Å². The van der Waals surface area contributed by atoms with Gasteiger partial charge in [0.25, 0.3) is 0 Å². The predicted octanol–water partition coefficient (Wildman–Crippen LogP) is 4.43. The van der Waals surface area contributed by atoms with Crippen molar-refractivity contribution in [3.63, 3.8) is 0 Å². The monoisotopic (exact) mass is 309 g/mol. The van der Waals surface area contributed by atoms with E-state index in [1.54, 1.807) is 0 Å². The van der Waals surface area contributed by atoms with Crippen molar-refractivity contribution in [2.75, 3.05) is 30.0 Å². The number of anilines is 1. The highest BCUT2D eigenvalue weighted by Gasteiger charge is 2.28. The van der Waals surface area contributed by atoms with E-state index < -0.39 is 0 Å². The zero-order chi connectivity index (χ0) is 15.3. The van der Waals surface area contributed by atoms with Gasteiger partial charge in [-0.2, -0.15) is 11.8 Å². The Morgan fingerprint density at radius 2 is 2.00 bits per heavy atom. The van der Waals surface area contributed by atoms with Crippen molar-refractivity contribution in [3.05, 3.63) is 18.2 Å². The maximum atomic E-state index is 5.74. The largest absolute Gasteiger partial charge is 0.494 e. The van der Waals surface area contributed by atoms with Crippen molar-refractivity contribution in [1.82, 2.24) is 0 Å². The van der Waals surface area contributed by atoms with Crippen LogP contribution in [0.2, 0.25) is 0 Å². The summed E-state index contributed by atoms with van der Waals surface area (Å²) in [6, 6.07) is 6.51. The molecule has 4 heteroatoms. The van der Waals surface area contributed by atoms with Gasteiger partial charge in [-0.05, 0) is 43.6 Å². The van der Waals surface area contributed by atoms with Crippen molar-refractivity contribution in [1.29, 1.82) is 0 Å². The van der Waals surface area contributed by atoms with Gasteiger partial charge < -0.3 is 14.8 Å². The van der Waals surface area contributed by atoms with Crippen LogP contribution in [0.15, 0.2) is 18.2 Å². The third-order valence-electron chi connectivity index (χ3n) is 3.53. The van der Waals surface area contributed by atoms with Gasteiger partial charge in [0.05, 0.1) is 18.9 Å². The van der Waals surface area contributed by atoms with Crippen molar-refractivity contribution in [2.24, 2.45) is 5.41 Å². The van der Waals surface area contributed by atoms with Crippen LogP contribution in [-0.2, 0) is 0 Å². The molecule has 1 atom stereocenters. The first-order valence-corrected chi connectivity index (χ1v) is 8.93. The molecule has 0 saturated carbocycles. The van der Waals surface area contributed by atoms with Gasteiger partial charge in [0, 0.05) is 17.9 Å². The first-order chi connectivity index (χ1) is 10.0. The Morgan fingerprint density at radius 1 is 1.24 bits per heavy atom. The minimum absolute atomic E-state index is 0.393. The van der Waals surface area contributed by atoms with Gasteiger partial charge in [0.15, 0.2) is 0 Å². The molecule has 1 aliphatic rings. The fourth-order valence-electron chi connectivity index (χ4n) is 2.73. The molecular weight excluding hydrogens is 282 g/mol. The lowest BCUT2D eigenvalue weighted by Crippen LogP contribution is -2.35. The number of hydrogen-bond acceptors (Lipinski definition) is 4. The molecule has 1 heterocycles. The quantitative estimate of drug-likeness (QED) is 0.842. The minimum Gasteiger partial charge on any atom is -0.494 e. The summed E-state index contributed by atoms with van der Waals surface area (Å²) < 4.78 is 11.3. The Labute approximate surface area is 132 Å². The Kier molecular flexibility index (Phi) is 5.68. The van der Waals surface area contributed by atoms with Gasteiger partial charge in [-0.3, -0.25) is 0 Å². The average Bonchev–Trinajstić information content (AvgIpc) is 2.41. The second-order valence-electron chi connectivity index (χ2n) is 6.25. The first-order valence-electron chi connectivity index (χ1n) is 7.78. The molecule has 1 aromatic rings. The molecular formula is C17H27NO2S. The Bertz CT molecular complexity index is 462. The highest BCUT2D eigenvalue weighted by atomic mass is 32.2. The summed E-state index contributed by atoms with van der Waals surface area (Å²) in [6.07, 6.45) is 1.18. The van der Waals surface area contributed by atoms with Gasteiger partial charge in [-0.15, -0.1) is 0 Å². The zero-order valence-electron chi connectivity index (χ0n) is 13.6. The standard InChI is InChI=1S/C17H27NO2S/c1-5-19-14-7-8-16(20-6-2)15(9-14)18-13-10-17(3,4)12-21-11-13/h7-9,13,18H,5-6,10-12H2,1-4H3. The highest BCUT2D eigenvalue weighted by molar-refractivity contribution is 7.99. The maximum Gasteiger partial charge on any atom is 0.142 e. The third kappa shape index (κ3) is 4.73. The predicted molar refractivity (Wildman–Crippen MR) is 91.9 cm³/mol. The molecule has 1 N–H and O–H groups in total. The van der Waals surface area contributed by atoms with Crippen LogP contribution in [-0.4, -0.2) is 30.8 Å². The van der Waals surface area contributed by atoms with E-state index >= 15 is 0 Å². The molecule has 1 fully saturated rings. The Balaban J connectivity index is 2.13. The van der Waals surface area contributed by atoms with Gasteiger partial charge >= 0.3 is 0 Å². The zero-order valence-corrected chi connectivity index (χ0v) is 14.4. The van der Waals surface area contributed by atoms with Crippen LogP contribution in [0.5, 0.6) is 11.5 Å². The molecule has 1 unspecified atom stereocenters. The summed E-state index contributed by atoms with van der Waals surface area (Å²) in [6.45, 7) is 10.1. The SMILES string of the molecule is CCOc1ccc(OCC)c(NC2CSCC(C)(C)C2)c1. The number of ether oxygens (including phenoxy) is 2. The molecule has 1 aliphatic heterocycles.